The molecule has 11 heavy (non-hydrogen) atoms. The minimum atomic E-state index is 0.941. The topological polar surface area (TPSA) is 0 Å². The highest BCUT2D eigenvalue weighted by molar-refractivity contribution is 7.99. The van der Waals surface area contributed by atoms with Gasteiger partial charge in [0.15, 0.2) is 0 Å². The molecule has 0 radical (unpaired) electrons. The Labute approximate surface area is 71.0 Å². The third-order valence-corrected chi connectivity index (χ3v) is 2.61. The van der Waals surface area contributed by atoms with Crippen molar-refractivity contribution in [1.82, 2.24) is 0 Å². The summed E-state index contributed by atoms with van der Waals surface area (Å²) in [5.74, 6) is 7.15. The average Bonchev–Trinajstić information content (AvgIpc) is 2.04. The van der Waals surface area contributed by atoms with Crippen molar-refractivity contribution in [2.75, 3.05) is 5.75 Å². The van der Waals surface area contributed by atoms with Crippen LogP contribution in [0.4, 0.5) is 0 Å². The minimum absolute atomic E-state index is 0.941. The molecule has 0 spiro atoms. The van der Waals surface area contributed by atoms with Crippen LogP contribution in [0.2, 0.25) is 0 Å². The van der Waals surface area contributed by atoms with Crippen molar-refractivity contribution in [2.45, 2.75) is 11.8 Å². The maximum atomic E-state index is 3.13. The van der Waals surface area contributed by atoms with E-state index in [1.807, 2.05) is 11.8 Å². The van der Waals surface area contributed by atoms with Gasteiger partial charge < -0.3 is 0 Å². The Morgan fingerprint density at radius 3 is 3.27 bits per heavy atom. The van der Waals surface area contributed by atoms with Crippen LogP contribution in [0, 0.1) is 18.8 Å². The Kier molecular flexibility index (Phi) is 1.63. The normalized spacial score (nSPS) is 13.2. The van der Waals surface area contributed by atoms with Gasteiger partial charge in [0.25, 0.3) is 0 Å². The summed E-state index contributed by atoms with van der Waals surface area (Å²) in [7, 11) is 0. The zero-order valence-electron chi connectivity index (χ0n) is 6.35. The van der Waals surface area contributed by atoms with Gasteiger partial charge in [0, 0.05) is 10.5 Å². The Morgan fingerprint density at radius 2 is 2.36 bits per heavy atom. The fourth-order valence-electron chi connectivity index (χ4n) is 1.11. The van der Waals surface area contributed by atoms with Crippen molar-refractivity contribution in [3.05, 3.63) is 29.3 Å². The van der Waals surface area contributed by atoms with Gasteiger partial charge in [-0.3, -0.25) is 0 Å². The maximum absolute atomic E-state index is 3.13. The fourth-order valence-corrected chi connectivity index (χ4v) is 1.84. The molecular weight excluding hydrogens is 152 g/mol. The maximum Gasteiger partial charge on any atom is 0.0598 e. The standard InChI is InChI=1S/C10H8S/c1-8-4-5-10-9(7-8)3-2-6-11-10/h4-5,7H,6H2,1H3. The molecular formula is C10H8S. The van der Waals surface area contributed by atoms with Crippen LogP contribution in [0.3, 0.4) is 0 Å². The Bertz CT molecular complexity index is 342. The Morgan fingerprint density at radius 1 is 1.45 bits per heavy atom. The van der Waals surface area contributed by atoms with Gasteiger partial charge in [-0.1, -0.05) is 17.9 Å². The molecule has 1 aliphatic rings. The highest BCUT2D eigenvalue weighted by Gasteiger charge is 2.02. The van der Waals surface area contributed by atoms with Gasteiger partial charge in [0.1, 0.15) is 0 Å². The first-order valence-corrected chi connectivity index (χ1v) is 4.57. The Hall–Kier alpha value is -0.870. The van der Waals surface area contributed by atoms with E-state index >= 15 is 0 Å². The van der Waals surface area contributed by atoms with E-state index in [0.717, 1.165) is 5.75 Å². The summed E-state index contributed by atoms with van der Waals surface area (Å²) < 4.78 is 0. The second-order valence-electron chi connectivity index (χ2n) is 2.59. The van der Waals surface area contributed by atoms with E-state index in [1.54, 1.807) is 0 Å². The lowest BCUT2D eigenvalue weighted by atomic mass is 10.1. The van der Waals surface area contributed by atoms with Gasteiger partial charge in [-0.25, -0.2) is 0 Å². The number of aryl methyl sites for hydroxylation is 1. The van der Waals surface area contributed by atoms with E-state index in [0.29, 0.717) is 0 Å². The largest absolute Gasteiger partial charge is 0.112 e. The smallest absolute Gasteiger partial charge is 0.0598 e. The molecule has 0 N–H and O–H groups in total. The van der Waals surface area contributed by atoms with Crippen molar-refractivity contribution in [3.63, 3.8) is 0 Å². The molecule has 0 bridgehead atoms. The van der Waals surface area contributed by atoms with Crippen molar-refractivity contribution < 1.29 is 0 Å². The molecule has 1 heterocycles. The van der Waals surface area contributed by atoms with Gasteiger partial charge >= 0.3 is 0 Å². The molecule has 2 rings (SSSR count). The van der Waals surface area contributed by atoms with E-state index in [9.17, 15) is 0 Å². The molecule has 1 aromatic rings. The zero-order valence-corrected chi connectivity index (χ0v) is 7.16. The SMILES string of the molecule is Cc1ccc2c(c1)C#CCS2. The molecule has 0 aromatic heterocycles. The van der Waals surface area contributed by atoms with Crippen LogP contribution >= 0.6 is 11.8 Å². The van der Waals surface area contributed by atoms with E-state index in [4.69, 9.17) is 0 Å². The number of fused-ring (bicyclic) bond motifs is 1. The fraction of sp³-hybridized carbons (Fsp3) is 0.200. The molecule has 1 heteroatoms. The molecule has 0 unspecified atom stereocenters. The van der Waals surface area contributed by atoms with Gasteiger partial charge in [-0.2, -0.15) is 0 Å². The second kappa shape index (κ2) is 2.64. The van der Waals surface area contributed by atoms with E-state index in [-0.39, 0.29) is 0 Å². The van der Waals surface area contributed by atoms with Gasteiger partial charge in [0.2, 0.25) is 0 Å². The molecule has 1 aliphatic heterocycles. The van der Waals surface area contributed by atoms with Gasteiger partial charge in [-0.05, 0) is 24.6 Å². The van der Waals surface area contributed by atoms with Crippen molar-refractivity contribution in [3.8, 4) is 11.8 Å². The number of hydrogen-bond donors (Lipinski definition) is 0. The van der Waals surface area contributed by atoms with E-state index in [2.05, 4.69) is 37.0 Å². The summed E-state index contributed by atoms with van der Waals surface area (Å²) in [6.07, 6.45) is 0. The van der Waals surface area contributed by atoms with Crippen LogP contribution in [-0.2, 0) is 0 Å². The van der Waals surface area contributed by atoms with Crippen LogP contribution in [0.5, 0.6) is 0 Å². The van der Waals surface area contributed by atoms with Crippen LogP contribution in [0.25, 0.3) is 0 Å². The van der Waals surface area contributed by atoms with Crippen LogP contribution in [-0.4, -0.2) is 5.75 Å². The average molecular weight is 160 g/mol. The quantitative estimate of drug-likeness (QED) is 0.525. The lowest BCUT2D eigenvalue weighted by Gasteiger charge is -2.06. The number of thioether (sulfide) groups is 1. The minimum Gasteiger partial charge on any atom is -0.112 e. The highest BCUT2D eigenvalue weighted by Crippen LogP contribution is 2.25. The molecule has 0 saturated carbocycles. The number of benzene rings is 1. The predicted molar refractivity (Wildman–Crippen MR) is 48.8 cm³/mol. The molecule has 54 valence electrons. The third-order valence-electron chi connectivity index (χ3n) is 1.66. The van der Waals surface area contributed by atoms with Crippen LogP contribution in [0.1, 0.15) is 11.1 Å². The second-order valence-corrected chi connectivity index (χ2v) is 3.61. The summed E-state index contributed by atoms with van der Waals surface area (Å²) in [5, 5.41) is 0. The third kappa shape index (κ3) is 1.27. The lowest BCUT2D eigenvalue weighted by molar-refractivity contribution is 1.34. The predicted octanol–water partition coefficient (Wildman–Crippen LogP) is 2.45. The summed E-state index contributed by atoms with van der Waals surface area (Å²) in [6, 6.07) is 6.44. The van der Waals surface area contributed by atoms with E-state index in [1.165, 1.54) is 16.0 Å². The zero-order chi connectivity index (χ0) is 7.68. The van der Waals surface area contributed by atoms with E-state index < -0.39 is 0 Å². The summed E-state index contributed by atoms with van der Waals surface area (Å²) in [5.41, 5.74) is 2.49. The first-order valence-electron chi connectivity index (χ1n) is 3.58. The lowest BCUT2D eigenvalue weighted by Crippen LogP contribution is -1.88. The molecule has 0 saturated heterocycles. The number of hydrogen-bond acceptors (Lipinski definition) is 1. The molecule has 0 fully saturated rings. The molecule has 0 amide bonds. The van der Waals surface area contributed by atoms with Crippen LogP contribution in [0.15, 0.2) is 23.1 Å². The first kappa shape index (κ1) is 6.82. The molecule has 0 aliphatic carbocycles. The van der Waals surface area contributed by atoms with Crippen LogP contribution < -0.4 is 0 Å². The van der Waals surface area contributed by atoms with Crippen molar-refractivity contribution >= 4 is 11.8 Å². The first-order chi connectivity index (χ1) is 5.36. The Balaban J connectivity index is 2.59. The van der Waals surface area contributed by atoms with Gasteiger partial charge in [0.05, 0.1) is 5.75 Å². The molecule has 1 aromatic carbocycles. The van der Waals surface area contributed by atoms with Gasteiger partial charge in [-0.15, -0.1) is 11.8 Å². The summed E-state index contributed by atoms with van der Waals surface area (Å²) in [4.78, 5) is 1.33. The monoisotopic (exact) mass is 160 g/mol. The molecule has 0 nitrogen and oxygen atoms in total. The number of rotatable bonds is 0. The summed E-state index contributed by atoms with van der Waals surface area (Å²) in [6.45, 7) is 2.10. The highest BCUT2D eigenvalue weighted by atomic mass is 32.2. The van der Waals surface area contributed by atoms with Crippen molar-refractivity contribution in [1.29, 1.82) is 0 Å². The van der Waals surface area contributed by atoms with Crippen molar-refractivity contribution in [2.24, 2.45) is 0 Å². The summed E-state index contributed by atoms with van der Waals surface area (Å²) >= 11 is 1.82. The molecule has 0 atom stereocenters.